The third-order valence-electron chi connectivity index (χ3n) is 1.95. The predicted octanol–water partition coefficient (Wildman–Crippen LogP) is 1.37. The Morgan fingerprint density at radius 2 is 1.71 bits per heavy atom. The topological polar surface area (TPSA) is 66.4 Å². The summed E-state index contributed by atoms with van der Waals surface area (Å²) >= 11 is 0. The van der Waals surface area contributed by atoms with Crippen molar-refractivity contribution in [2.75, 3.05) is 6.54 Å². The van der Waals surface area contributed by atoms with E-state index in [4.69, 9.17) is 5.11 Å². The second kappa shape index (κ2) is 4.92. The quantitative estimate of drug-likeness (QED) is 0.867. The van der Waals surface area contributed by atoms with E-state index >= 15 is 0 Å². The summed E-state index contributed by atoms with van der Waals surface area (Å²) in [6, 6.07) is 5.73. The summed E-state index contributed by atoms with van der Waals surface area (Å²) in [5, 5.41) is 8.96. The van der Waals surface area contributed by atoms with Gasteiger partial charge in [0.2, 0.25) is 0 Å². The Bertz CT molecular complexity index is 467. The average Bonchev–Trinajstić information content (AvgIpc) is 2.19. The minimum Gasteiger partial charge on any atom is -0.508 e. The highest BCUT2D eigenvalue weighted by atomic mass is 32.2. The van der Waals surface area contributed by atoms with E-state index in [1.54, 1.807) is 0 Å². The number of hydrogen-bond acceptors (Lipinski definition) is 3. The molecule has 0 bridgehead atoms. The van der Waals surface area contributed by atoms with Gasteiger partial charge in [-0.05, 0) is 24.1 Å². The summed E-state index contributed by atoms with van der Waals surface area (Å²) in [6.07, 6.45) is 0.107. The van der Waals surface area contributed by atoms with Gasteiger partial charge in [-0.25, -0.2) is 13.1 Å². The fraction of sp³-hybridized carbons (Fsp3) is 0.333. The molecule has 0 aliphatic rings. The van der Waals surface area contributed by atoms with Gasteiger partial charge in [-0.1, -0.05) is 12.1 Å². The van der Waals surface area contributed by atoms with Crippen LogP contribution in [0.4, 0.5) is 13.2 Å². The van der Waals surface area contributed by atoms with Crippen molar-refractivity contribution in [3.05, 3.63) is 29.8 Å². The highest BCUT2D eigenvalue weighted by Gasteiger charge is 2.45. The second-order valence-electron chi connectivity index (χ2n) is 3.26. The molecule has 8 heteroatoms. The van der Waals surface area contributed by atoms with E-state index in [1.807, 2.05) is 0 Å². The molecule has 1 rings (SSSR count). The van der Waals surface area contributed by atoms with Gasteiger partial charge in [-0.15, -0.1) is 0 Å². The van der Waals surface area contributed by atoms with Gasteiger partial charge < -0.3 is 5.11 Å². The Hall–Kier alpha value is -1.28. The summed E-state index contributed by atoms with van der Waals surface area (Å²) in [4.78, 5) is 0. The van der Waals surface area contributed by atoms with Crippen molar-refractivity contribution in [3.8, 4) is 5.75 Å². The zero-order valence-corrected chi connectivity index (χ0v) is 9.35. The van der Waals surface area contributed by atoms with E-state index in [1.165, 1.54) is 29.0 Å². The van der Waals surface area contributed by atoms with Crippen molar-refractivity contribution in [3.63, 3.8) is 0 Å². The zero-order chi connectivity index (χ0) is 13.1. The molecule has 1 aromatic carbocycles. The van der Waals surface area contributed by atoms with Gasteiger partial charge in [-0.3, -0.25) is 0 Å². The van der Waals surface area contributed by atoms with Crippen LogP contribution in [0.2, 0.25) is 0 Å². The molecular weight excluding hydrogens is 259 g/mol. The van der Waals surface area contributed by atoms with Crippen molar-refractivity contribution in [1.82, 2.24) is 4.72 Å². The van der Waals surface area contributed by atoms with Crippen LogP contribution in [0.5, 0.6) is 5.75 Å². The standard InChI is InChI=1S/C9H10F3NO3S/c10-9(11,12)17(15,16)13-6-5-7-1-3-8(14)4-2-7/h1-4,13-14H,5-6H2. The van der Waals surface area contributed by atoms with Gasteiger partial charge in [0.25, 0.3) is 0 Å². The molecular formula is C9H10F3NO3S. The lowest BCUT2D eigenvalue weighted by atomic mass is 10.1. The molecule has 0 aromatic heterocycles. The summed E-state index contributed by atoms with van der Waals surface area (Å²) in [5.74, 6) is 0.0321. The molecule has 0 spiro atoms. The highest BCUT2D eigenvalue weighted by molar-refractivity contribution is 7.90. The van der Waals surface area contributed by atoms with E-state index in [2.05, 4.69) is 0 Å². The Balaban J connectivity index is 2.52. The van der Waals surface area contributed by atoms with E-state index in [9.17, 15) is 21.6 Å². The number of halogens is 3. The monoisotopic (exact) mass is 269 g/mol. The van der Waals surface area contributed by atoms with Crippen molar-refractivity contribution in [1.29, 1.82) is 0 Å². The fourth-order valence-corrected chi connectivity index (χ4v) is 1.61. The van der Waals surface area contributed by atoms with Crippen molar-refractivity contribution in [2.45, 2.75) is 11.9 Å². The van der Waals surface area contributed by atoms with E-state index in [-0.39, 0.29) is 18.7 Å². The molecule has 0 radical (unpaired) electrons. The van der Waals surface area contributed by atoms with Gasteiger partial charge in [-0.2, -0.15) is 13.2 Å². The third kappa shape index (κ3) is 3.90. The molecule has 0 saturated heterocycles. The molecule has 2 N–H and O–H groups in total. The van der Waals surface area contributed by atoms with Gasteiger partial charge in [0.1, 0.15) is 5.75 Å². The Morgan fingerprint density at radius 1 is 1.18 bits per heavy atom. The van der Waals surface area contributed by atoms with Crippen LogP contribution >= 0.6 is 0 Å². The molecule has 0 fully saturated rings. The van der Waals surface area contributed by atoms with Gasteiger partial charge >= 0.3 is 15.5 Å². The zero-order valence-electron chi connectivity index (χ0n) is 8.53. The van der Waals surface area contributed by atoms with Gasteiger partial charge in [0.15, 0.2) is 0 Å². The maximum absolute atomic E-state index is 11.9. The van der Waals surface area contributed by atoms with Crippen molar-refractivity contribution < 1.29 is 26.7 Å². The lowest BCUT2D eigenvalue weighted by molar-refractivity contribution is -0.0447. The number of sulfonamides is 1. The number of nitrogens with one attached hydrogen (secondary N) is 1. The van der Waals surface area contributed by atoms with E-state index in [0.717, 1.165) is 0 Å². The summed E-state index contributed by atoms with van der Waals surface area (Å²) in [6.45, 7) is -0.355. The van der Waals surface area contributed by atoms with E-state index in [0.29, 0.717) is 5.56 Å². The molecule has 0 heterocycles. The van der Waals surface area contributed by atoms with Gasteiger partial charge in [0, 0.05) is 6.54 Å². The van der Waals surface area contributed by atoms with Crippen LogP contribution < -0.4 is 4.72 Å². The lowest BCUT2D eigenvalue weighted by Crippen LogP contribution is -2.37. The third-order valence-corrected chi connectivity index (χ3v) is 3.14. The number of benzene rings is 1. The van der Waals surface area contributed by atoms with E-state index < -0.39 is 15.5 Å². The Morgan fingerprint density at radius 3 is 2.18 bits per heavy atom. The average molecular weight is 269 g/mol. The molecule has 0 aliphatic heterocycles. The molecule has 0 unspecified atom stereocenters. The minimum absolute atomic E-state index is 0.0321. The van der Waals surface area contributed by atoms with Crippen LogP contribution in [0.25, 0.3) is 0 Å². The number of hydrogen-bond donors (Lipinski definition) is 2. The van der Waals surface area contributed by atoms with Crippen LogP contribution in [0.3, 0.4) is 0 Å². The summed E-state index contributed by atoms with van der Waals surface area (Å²) in [5.41, 5.74) is -4.67. The number of phenolic OH excluding ortho intramolecular Hbond substituents is 1. The van der Waals surface area contributed by atoms with Crippen molar-refractivity contribution >= 4 is 10.0 Å². The van der Waals surface area contributed by atoms with Crippen LogP contribution in [0, 0.1) is 0 Å². The number of phenols is 1. The first-order chi connectivity index (χ1) is 7.72. The first kappa shape index (κ1) is 13.8. The van der Waals surface area contributed by atoms with Crippen LogP contribution in [0.1, 0.15) is 5.56 Å². The maximum Gasteiger partial charge on any atom is 0.511 e. The summed E-state index contributed by atoms with van der Waals surface area (Å²) < 4.78 is 58.5. The SMILES string of the molecule is O=S(=O)(NCCc1ccc(O)cc1)C(F)(F)F. The normalized spacial score (nSPS) is 12.6. The first-order valence-corrected chi connectivity index (χ1v) is 6.04. The molecule has 96 valence electrons. The highest BCUT2D eigenvalue weighted by Crippen LogP contribution is 2.21. The Kier molecular flexibility index (Phi) is 3.99. The molecule has 0 amide bonds. The minimum atomic E-state index is -5.29. The van der Waals surface area contributed by atoms with Crippen LogP contribution in [-0.2, 0) is 16.4 Å². The number of aromatic hydroxyl groups is 1. The molecule has 0 atom stereocenters. The molecule has 0 aliphatic carbocycles. The van der Waals surface area contributed by atoms with Gasteiger partial charge in [0.05, 0.1) is 0 Å². The fourth-order valence-electron chi connectivity index (χ4n) is 1.07. The first-order valence-electron chi connectivity index (χ1n) is 4.56. The second-order valence-corrected chi connectivity index (χ2v) is 5.02. The number of alkyl halides is 3. The maximum atomic E-state index is 11.9. The number of rotatable bonds is 4. The van der Waals surface area contributed by atoms with Crippen LogP contribution in [0.15, 0.2) is 24.3 Å². The molecule has 1 aromatic rings. The molecule has 0 saturated carbocycles. The van der Waals surface area contributed by atoms with Crippen LogP contribution in [-0.4, -0.2) is 25.6 Å². The molecule has 17 heavy (non-hydrogen) atoms. The smallest absolute Gasteiger partial charge is 0.508 e. The molecule has 4 nitrogen and oxygen atoms in total. The Labute approximate surface area is 96.1 Å². The summed E-state index contributed by atoms with van der Waals surface area (Å²) in [7, 11) is -5.28. The largest absolute Gasteiger partial charge is 0.511 e. The predicted molar refractivity (Wildman–Crippen MR) is 54.8 cm³/mol. The van der Waals surface area contributed by atoms with Crippen molar-refractivity contribution in [2.24, 2.45) is 0 Å². The lowest BCUT2D eigenvalue weighted by Gasteiger charge is -2.09.